The second-order valence-corrected chi connectivity index (χ2v) is 3.59. The van der Waals surface area contributed by atoms with Gasteiger partial charge in [0.2, 0.25) is 0 Å². The van der Waals surface area contributed by atoms with Crippen molar-refractivity contribution in [3.8, 4) is 0 Å². The van der Waals surface area contributed by atoms with Gasteiger partial charge in [-0.15, -0.1) is 0 Å². The summed E-state index contributed by atoms with van der Waals surface area (Å²) in [5.74, 6) is -1.38. The van der Waals surface area contributed by atoms with Crippen LogP contribution in [0.2, 0.25) is 0 Å². The van der Waals surface area contributed by atoms with Crippen LogP contribution in [0, 0.1) is 0 Å². The van der Waals surface area contributed by atoms with Gasteiger partial charge in [0.25, 0.3) is 0 Å². The lowest BCUT2D eigenvalue weighted by Gasteiger charge is -2.26. The molecule has 0 saturated heterocycles. The number of esters is 1. The molecule has 3 atom stereocenters. The maximum atomic E-state index is 11.5. The number of ether oxygens (including phenoxy) is 1. The molecule has 0 amide bonds. The summed E-state index contributed by atoms with van der Waals surface area (Å²) in [5.41, 5.74) is -0.0341. The molecule has 0 aromatic heterocycles. The molecule has 0 bridgehead atoms. The first-order chi connectivity index (χ1) is 7.97. The van der Waals surface area contributed by atoms with Gasteiger partial charge in [-0.2, -0.15) is 0 Å². The Morgan fingerprint density at radius 1 is 1.47 bits per heavy atom. The number of aliphatic hydroxyl groups is 3. The van der Waals surface area contributed by atoms with Crippen LogP contribution in [-0.4, -0.2) is 52.0 Å². The average molecular weight is 242 g/mol. The molecule has 1 aliphatic carbocycles. The van der Waals surface area contributed by atoms with Gasteiger partial charge in [-0.3, -0.25) is 4.79 Å². The van der Waals surface area contributed by atoms with Crippen LogP contribution < -0.4 is 0 Å². The maximum absolute atomic E-state index is 11.5. The Balaban J connectivity index is 2.68. The van der Waals surface area contributed by atoms with Gasteiger partial charge in [-0.25, -0.2) is 4.79 Å². The topological polar surface area (TPSA) is 104 Å². The van der Waals surface area contributed by atoms with E-state index in [2.05, 4.69) is 0 Å². The Morgan fingerprint density at radius 2 is 2.12 bits per heavy atom. The summed E-state index contributed by atoms with van der Waals surface area (Å²) in [5, 5.41) is 27.8. The van der Waals surface area contributed by atoms with Crippen LogP contribution in [0.5, 0.6) is 0 Å². The predicted molar refractivity (Wildman–Crippen MR) is 56.9 cm³/mol. The lowest BCUT2D eigenvalue weighted by atomic mass is 9.91. The molecule has 94 valence electrons. The number of Topliss-reactive ketones (excluding diaryl/α,β-unsaturated/α-hetero) is 1. The monoisotopic (exact) mass is 242 g/mol. The van der Waals surface area contributed by atoms with E-state index in [-0.39, 0.29) is 12.2 Å². The Bertz CT molecular complexity index is 370. The van der Waals surface area contributed by atoms with Crippen molar-refractivity contribution in [3.05, 3.63) is 23.8 Å². The lowest BCUT2D eigenvalue weighted by molar-refractivity contribution is -0.140. The second-order valence-electron chi connectivity index (χ2n) is 3.59. The van der Waals surface area contributed by atoms with Crippen molar-refractivity contribution in [1.82, 2.24) is 0 Å². The highest BCUT2D eigenvalue weighted by atomic mass is 16.5. The molecule has 17 heavy (non-hydrogen) atoms. The van der Waals surface area contributed by atoms with E-state index in [0.29, 0.717) is 0 Å². The van der Waals surface area contributed by atoms with Gasteiger partial charge in [0.1, 0.15) is 24.9 Å². The van der Waals surface area contributed by atoms with E-state index >= 15 is 0 Å². The number of carbonyl (C=O) groups excluding carboxylic acids is 2. The molecule has 0 aromatic rings. The fourth-order valence-electron chi connectivity index (χ4n) is 1.37. The highest BCUT2D eigenvalue weighted by Crippen LogP contribution is 2.16. The molecule has 0 aromatic carbocycles. The Kier molecular flexibility index (Phi) is 4.56. The molecular weight excluding hydrogens is 228 g/mol. The number of allylic oxidation sites excluding steroid dienone is 1. The summed E-state index contributed by atoms with van der Waals surface area (Å²) in [6, 6.07) is 0. The number of rotatable bonds is 3. The maximum Gasteiger partial charge on any atom is 0.330 e. The number of ketones is 1. The van der Waals surface area contributed by atoms with Gasteiger partial charge in [-0.05, 0) is 13.0 Å². The van der Waals surface area contributed by atoms with Crippen LogP contribution in [0.1, 0.15) is 6.92 Å². The number of carbonyl (C=O) groups is 2. The Morgan fingerprint density at radius 3 is 2.71 bits per heavy atom. The SMILES string of the molecule is C/C=C/C(=O)OCC1=CC(O)C(O)C(O)C1=O. The first-order valence-corrected chi connectivity index (χ1v) is 5.06. The van der Waals surface area contributed by atoms with E-state index in [1.165, 1.54) is 12.2 Å². The molecule has 6 nitrogen and oxygen atoms in total. The van der Waals surface area contributed by atoms with Crippen molar-refractivity contribution < 1.29 is 29.6 Å². The van der Waals surface area contributed by atoms with E-state index in [1.807, 2.05) is 0 Å². The second kappa shape index (κ2) is 5.72. The van der Waals surface area contributed by atoms with Gasteiger partial charge < -0.3 is 20.1 Å². The molecule has 6 heteroatoms. The molecule has 0 radical (unpaired) electrons. The summed E-state index contributed by atoms with van der Waals surface area (Å²) >= 11 is 0. The zero-order valence-electron chi connectivity index (χ0n) is 9.24. The minimum atomic E-state index is -1.69. The minimum absolute atomic E-state index is 0.0341. The molecule has 0 saturated carbocycles. The van der Waals surface area contributed by atoms with Gasteiger partial charge in [-0.1, -0.05) is 6.08 Å². The van der Waals surface area contributed by atoms with E-state index in [4.69, 9.17) is 4.74 Å². The van der Waals surface area contributed by atoms with Gasteiger partial charge in [0, 0.05) is 11.6 Å². The zero-order chi connectivity index (χ0) is 13.0. The van der Waals surface area contributed by atoms with Crippen LogP contribution in [0.4, 0.5) is 0 Å². The summed E-state index contributed by atoms with van der Waals surface area (Å²) in [6.07, 6.45) is -0.855. The van der Waals surface area contributed by atoms with Crippen molar-refractivity contribution in [2.75, 3.05) is 6.61 Å². The summed E-state index contributed by atoms with van der Waals surface area (Å²) < 4.78 is 4.71. The van der Waals surface area contributed by atoms with Crippen LogP contribution in [-0.2, 0) is 14.3 Å². The predicted octanol–water partition coefficient (Wildman–Crippen LogP) is -1.30. The normalized spacial score (nSPS) is 29.3. The first-order valence-electron chi connectivity index (χ1n) is 5.06. The smallest absolute Gasteiger partial charge is 0.330 e. The molecule has 1 rings (SSSR count). The van der Waals surface area contributed by atoms with Crippen LogP contribution in [0.3, 0.4) is 0 Å². The van der Waals surface area contributed by atoms with E-state index < -0.39 is 30.1 Å². The lowest BCUT2D eigenvalue weighted by Crippen LogP contribution is -2.46. The third-order valence-electron chi connectivity index (χ3n) is 2.30. The van der Waals surface area contributed by atoms with Gasteiger partial charge in [0.05, 0.1) is 0 Å². The summed E-state index contributed by atoms with van der Waals surface area (Å²) in [7, 11) is 0. The Labute approximate surface area is 97.8 Å². The van der Waals surface area contributed by atoms with E-state index in [9.17, 15) is 24.9 Å². The molecule has 0 heterocycles. The summed E-state index contributed by atoms with van der Waals surface area (Å²) in [4.78, 5) is 22.5. The fraction of sp³-hybridized carbons (Fsp3) is 0.455. The van der Waals surface area contributed by atoms with Crippen LogP contribution in [0.25, 0.3) is 0 Å². The van der Waals surface area contributed by atoms with E-state index in [1.54, 1.807) is 6.92 Å². The number of hydrogen-bond acceptors (Lipinski definition) is 6. The number of aliphatic hydroxyl groups excluding tert-OH is 3. The van der Waals surface area contributed by atoms with Crippen LogP contribution >= 0.6 is 0 Å². The standard InChI is InChI=1S/C11H14O6/c1-2-3-8(13)17-5-6-4-7(12)10(15)11(16)9(6)14/h2-4,7,10-12,15-16H,5H2,1H3/b3-2+. The third-order valence-corrected chi connectivity index (χ3v) is 2.30. The highest BCUT2D eigenvalue weighted by Gasteiger charge is 2.36. The van der Waals surface area contributed by atoms with Crippen molar-refractivity contribution in [2.24, 2.45) is 0 Å². The largest absolute Gasteiger partial charge is 0.458 e. The zero-order valence-corrected chi connectivity index (χ0v) is 9.24. The molecule has 3 unspecified atom stereocenters. The van der Waals surface area contributed by atoms with Gasteiger partial charge in [0.15, 0.2) is 5.78 Å². The quantitative estimate of drug-likeness (QED) is 0.419. The molecule has 0 aliphatic heterocycles. The van der Waals surface area contributed by atoms with Gasteiger partial charge >= 0.3 is 5.97 Å². The fourth-order valence-corrected chi connectivity index (χ4v) is 1.37. The van der Waals surface area contributed by atoms with Crippen molar-refractivity contribution >= 4 is 11.8 Å². The third kappa shape index (κ3) is 3.23. The molecule has 3 N–H and O–H groups in total. The van der Waals surface area contributed by atoms with E-state index in [0.717, 1.165) is 6.08 Å². The minimum Gasteiger partial charge on any atom is -0.458 e. The molecule has 0 spiro atoms. The molecule has 1 aliphatic rings. The van der Waals surface area contributed by atoms with Crippen molar-refractivity contribution in [3.63, 3.8) is 0 Å². The van der Waals surface area contributed by atoms with Crippen molar-refractivity contribution in [2.45, 2.75) is 25.2 Å². The first kappa shape index (κ1) is 13.6. The molecule has 0 fully saturated rings. The average Bonchev–Trinajstić information content (AvgIpc) is 2.30. The van der Waals surface area contributed by atoms with Crippen molar-refractivity contribution in [1.29, 1.82) is 0 Å². The molecular formula is C11H14O6. The highest BCUT2D eigenvalue weighted by molar-refractivity contribution is 6.00. The summed E-state index contributed by atoms with van der Waals surface area (Å²) in [6.45, 7) is 1.29. The number of hydrogen-bond donors (Lipinski definition) is 3. The van der Waals surface area contributed by atoms with Crippen LogP contribution in [0.15, 0.2) is 23.8 Å². The Hall–Kier alpha value is -1.50.